The predicted molar refractivity (Wildman–Crippen MR) is 151 cm³/mol. The molecule has 0 amide bonds. The number of rotatable bonds is 22. The van der Waals surface area contributed by atoms with Gasteiger partial charge in [-0.1, -0.05) is 115 Å². The molecule has 0 aliphatic rings. The summed E-state index contributed by atoms with van der Waals surface area (Å²) in [7, 11) is 1.64. The highest BCUT2D eigenvalue weighted by molar-refractivity contribution is 7.80. The first-order valence-electron chi connectivity index (χ1n) is 13.7. The van der Waals surface area contributed by atoms with Gasteiger partial charge in [-0.3, -0.25) is 0 Å². The predicted octanol–water partition coefficient (Wildman–Crippen LogP) is 7.88. The third-order valence-corrected chi connectivity index (χ3v) is 6.32. The molecule has 0 radical (unpaired) electrons. The van der Waals surface area contributed by atoms with Gasteiger partial charge in [0.25, 0.3) is 0 Å². The topological polar surface area (TPSA) is 56.5 Å². The third-order valence-electron chi connectivity index (χ3n) is 6.05. The normalized spacial score (nSPS) is 11.1. The Morgan fingerprint density at radius 3 is 2.03 bits per heavy atom. The van der Waals surface area contributed by atoms with Crippen molar-refractivity contribution in [3.05, 3.63) is 36.0 Å². The van der Waals surface area contributed by atoms with Gasteiger partial charge in [0.15, 0.2) is 11.5 Å². The van der Waals surface area contributed by atoms with Crippen LogP contribution in [-0.4, -0.2) is 25.2 Å². The van der Waals surface area contributed by atoms with Crippen LogP contribution in [0.4, 0.5) is 0 Å². The Morgan fingerprint density at radius 1 is 0.882 bits per heavy atom. The number of nitrogens with one attached hydrogen (secondary N) is 1. The van der Waals surface area contributed by atoms with Crippen LogP contribution in [0.2, 0.25) is 0 Å². The van der Waals surface area contributed by atoms with Gasteiger partial charge in [0.05, 0.1) is 12.1 Å². The fourth-order valence-electron chi connectivity index (χ4n) is 4.04. The van der Waals surface area contributed by atoms with Crippen LogP contribution in [0.25, 0.3) is 0 Å². The second kappa shape index (κ2) is 21.9. The molecule has 0 atom stereocenters. The number of hydrogen-bond acceptors (Lipinski definition) is 4. The van der Waals surface area contributed by atoms with E-state index in [1.807, 2.05) is 24.4 Å². The minimum absolute atomic E-state index is 0.472. The molecule has 5 heteroatoms. The van der Waals surface area contributed by atoms with E-state index in [0.29, 0.717) is 31.1 Å². The second-order valence-corrected chi connectivity index (χ2v) is 9.65. The van der Waals surface area contributed by atoms with Crippen LogP contribution in [0.15, 0.2) is 30.5 Å². The molecule has 0 saturated heterocycles. The fraction of sp³-hybridized carbons (Fsp3) is 0.690. The van der Waals surface area contributed by atoms with Gasteiger partial charge in [-0.2, -0.15) is 0 Å². The number of benzene rings is 1. The minimum Gasteiger partial charge on any atom is -0.493 e. The summed E-state index contributed by atoms with van der Waals surface area (Å²) in [6.45, 7) is 3.23. The lowest BCUT2D eigenvalue weighted by Crippen LogP contribution is -2.17. The Kier molecular flexibility index (Phi) is 19.6. The average Bonchev–Trinajstić information content (AvgIpc) is 2.85. The summed E-state index contributed by atoms with van der Waals surface area (Å²) < 4.78 is 11.0. The Morgan fingerprint density at radius 2 is 1.47 bits per heavy atom. The summed E-state index contributed by atoms with van der Waals surface area (Å²) >= 11 is 5.48. The van der Waals surface area contributed by atoms with E-state index in [1.165, 1.54) is 89.9 Å². The molecule has 1 rings (SSSR count). The maximum atomic E-state index is 5.59. The molecule has 0 bridgehead atoms. The zero-order chi connectivity index (χ0) is 24.7. The third kappa shape index (κ3) is 16.1. The van der Waals surface area contributed by atoms with Gasteiger partial charge in [-0.15, -0.1) is 0 Å². The number of unbranched alkanes of at least 4 members (excludes halogenated alkanes) is 14. The first kappa shape index (κ1) is 30.4. The van der Waals surface area contributed by atoms with Crippen molar-refractivity contribution in [2.75, 3.05) is 20.3 Å². The van der Waals surface area contributed by atoms with Crippen molar-refractivity contribution in [2.45, 2.75) is 110 Å². The summed E-state index contributed by atoms with van der Waals surface area (Å²) in [5.41, 5.74) is 6.59. The Bertz CT molecular complexity index is 664. The first-order chi connectivity index (χ1) is 16.7. The smallest absolute Gasteiger partial charge is 0.161 e. The Hall–Kier alpha value is -1.59. The van der Waals surface area contributed by atoms with Crippen LogP contribution >= 0.6 is 12.2 Å². The molecule has 0 aliphatic carbocycles. The standard InChI is InChI=1S/C29H50N2O2S/c1-3-4-5-6-7-8-9-10-11-12-13-14-15-16-17-18-22-31-29(34)25-26-19-20-27(33-23-21-30)28(24-26)32-2/h18-20,22,24H,3-17,21,23,25,30H2,1-2H3,(H,31,34). The molecule has 0 spiro atoms. The van der Waals surface area contributed by atoms with Crippen molar-refractivity contribution in [3.8, 4) is 11.5 Å². The zero-order valence-electron chi connectivity index (χ0n) is 21.9. The van der Waals surface area contributed by atoms with Crippen LogP contribution in [0.1, 0.15) is 109 Å². The van der Waals surface area contributed by atoms with E-state index in [4.69, 9.17) is 27.4 Å². The van der Waals surface area contributed by atoms with Crippen molar-refractivity contribution >= 4 is 17.2 Å². The fourth-order valence-corrected chi connectivity index (χ4v) is 4.27. The SMILES string of the molecule is CCCCCCCCCCCCCCCCC=CNC(=S)Cc1ccc(OCCN)c(OC)c1. The molecular formula is C29H50N2O2S. The van der Waals surface area contributed by atoms with Gasteiger partial charge in [-0.05, 0) is 36.7 Å². The van der Waals surface area contributed by atoms with E-state index in [9.17, 15) is 0 Å². The zero-order valence-corrected chi connectivity index (χ0v) is 22.7. The van der Waals surface area contributed by atoms with E-state index in [-0.39, 0.29) is 0 Å². The Labute approximate surface area is 215 Å². The van der Waals surface area contributed by atoms with E-state index < -0.39 is 0 Å². The van der Waals surface area contributed by atoms with Crippen molar-refractivity contribution in [2.24, 2.45) is 5.73 Å². The highest BCUT2D eigenvalue weighted by Crippen LogP contribution is 2.28. The molecule has 0 aromatic heterocycles. The summed E-state index contributed by atoms with van der Waals surface area (Å²) in [5, 5.41) is 3.23. The molecule has 0 unspecified atom stereocenters. The molecule has 34 heavy (non-hydrogen) atoms. The number of methoxy groups -OCH3 is 1. The highest BCUT2D eigenvalue weighted by atomic mass is 32.1. The quantitative estimate of drug-likeness (QED) is 0.128. The lowest BCUT2D eigenvalue weighted by atomic mass is 10.0. The van der Waals surface area contributed by atoms with Crippen LogP contribution in [0.5, 0.6) is 11.5 Å². The molecule has 1 aromatic carbocycles. The second-order valence-electron chi connectivity index (χ2n) is 9.15. The number of allylic oxidation sites excluding steroid dienone is 1. The first-order valence-corrected chi connectivity index (χ1v) is 14.1. The van der Waals surface area contributed by atoms with Crippen molar-refractivity contribution < 1.29 is 9.47 Å². The molecule has 0 fully saturated rings. The minimum atomic E-state index is 0.472. The highest BCUT2D eigenvalue weighted by Gasteiger charge is 2.07. The van der Waals surface area contributed by atoms with Crippen LogP contribution in [0.3, 0.4) is 0 Å². The van der Waals surface area contributed by atoms with E-state index in [2.05, 4.69) is 18.3 Å². The summed E-state index contributed by atoms with van der Waals surface area (Å²) in [6, 6.07) is 5.90. The lowest BCUT2D eigenvalue weighted by Gasteiger charge is -2.12. The molecule has 1 aromatic rings. The van der Waals surface area contributed by atoms with Gasteiger partial charge in [0, 0.05) is 13.0 Å². The summed E-state index contributed by atoms with van der Waals surface area (Å²) in [6.07, 6.45) is 25.5. The molecule has 0 aliphatic heterocycles. The van der Waals surface area contributed by atoms with Crippen LogP contribution in [-0.2, 0) is 6.42 Å². The van der Waals surface area contributed by atoms with Crippen LogP contribution < -0.4 is 20.5 Å². The van der Waals surface area contributed by atoms with Crippen molar-refractivity contribution in [1.29, 1.82) is 0 Å². The summed E-state index contributed by atoms with van der Waals surface area (Å²) in [4.78, 5) is 0.801. The molecule has 0 heterocycles. The van der Waals surface area contributed by atoms with Gasteiger partial charge < -0.3 is 20.5 Å². The lowest BCUT2D eigenvalue weighted by molar-refractivity contribution is 0.302. The number of thiocarbonyl (C=S) groups is 1. The van der Waals surface area contributed by atoms with Gasteiger partial charge in [-0.25, -0.2) is 0 Å². The van der Waals surface area contributed by atoms with Gasteiger partial charge in [0.1, 0.15) is 6.61 Å². The maximum Gasteiger partial charge on any atom is 0.161 e. The van der Waals surface area contributed by atoms with Crippen molar-refractivity contribution in [3.63, 3.8) is 0 Å². The van der Waals surface area contributed by atoms with E-state index in [1.54, 1.807) is 7.11 Å². The molecule has 194 valence electrons. The average molecular weight is 491 g/mol. The maximum absolute atomic E-state index is 5.59. The van der Waals surface area contributed by atoms with E-state index in [0.717, 1.165) is 17.0 Å². The summed E-state index contributed by atoms with van der Waals surface area (Å²) in [5.74, 6) is 1.42. The number of hydrogen-bond donors (Lipinski definition) is 2. The Balaban J connectivity index is 2.00. The molecule has 4 nitrogen and oxygen atoms in total. The van der Waals surface area contributed by atoms with Crippen LogP contribution in [0, 0.1) is 0 Å². The largest absolute Gasteiger partial charge is 0.493 e. The molecular weight excluding hydrogens is 440 g/mol. The number of ether oxygens (including phenoxy) is 2. The van der Waals surface area contributed by atoms with E-state index >= 15 is 0 Å². The molecule has 3 N–H and O–H groups in total. The number of nitrogens with two attached hydrogens (primary N) is 1. The van der Waals surface area contributed by atoms with Gasteiger partial charge >= 0.3 is 0 Å². The van der Waals surface area contributed by atoms with Gasteiger partial charge in [0.2, 0.25) is 0 Å². The monoisotopic (exact) mass is 490 g/mol. The van der Waals surface area contributed by atoms with Crippen molar-refractivity contribution in [1.82, 2.24) is 5.32 Å². The molecule has 0 saturated carbocycles.